The molecule has 3 rings (SSSR count). The van der Waals surface area contributed by atoms with Gasteiger partial charge in [-0.1, -0.05) is 0 Å². The molecule has 168 valence electrons. The van der Waals surface area contributed by atoms with E-state index in [1.54, 1.807) is 6.07 Å². The van der Waals surface area contributed by atoms with Crippen LogP contribution >= 0.6 is 0 Å². The van der Waals surface area contributed by atoms with E-state index in [4.69, 9.17) is 5.11 Å². The van der Waals surface area contributed by atoms with E-state index in [1.165, 1.54) is 6.07 Å². The molecule has 3 atom stereocenters. The monoisotopic (exact) mass is 439 g/mol. The van der Waals surface area contributed by atoms with Gasteiger partial charge in [0.15, 0.2) is 5.82 Å². The van der Waals surface area contributed by atoms with Crippen LogP contribution < -0.4 is 10.6 Å². The van der Waals surface area contributed by atoms with E-state index >= 15 is 0 Å². The Morgan fingerprint density at radius 2 is 2.10 bits per heavy atom. The first-order chi connectivity index (χ1) is 14.6. The summed E-state index contributed by atoms with van der Waals surface area (Å²) >= 11 is 0. The average Bonchev–Trinajstić information content (AvgIpc) is 3.30. The molecule has 31 heavy (non-hydrogen) atoms. The maximum atomic E-state index is 12.6. The van der Waals surface area contributed by atoms with Crippen LogP contribution in [-0.4, -0.2) is 38.3 Å². The fourth-order valence-electron chi connectivity index (χ4n) is 4.00. The summed E-state index contributed by atoms with van der Waals surface area (Å²) in [5.41, 5.74) is 0.255. The second-order valence-electron chi connectivity index (χ2n) is 7.93. The second-order valence-corrected chi connectivity index (χ2v) is 7.93. The molecule has 2 aromatic heterocycles. The summed E-state index contributed by atoms with van der Waals surface area (Å²) in [4.78, 5) is 26.6. The molecule has 0 aromatic carbocycles. The minimum absolute atomic E-state index is 0.114. The van der Waals surface area contributed by atoms with Gasteiger partial charge < -0.3 is 15.7 Å². The van der Waals surface area contributed by atoms with Gasteiger partial charge in [0.2, 0.25) is 5.91 Å². The topological polar surface area (TPSA) is 120 Å². The van der Waals surface area contributed by atoms with E-state index in [1.807, 2.05) is 6.92 Å². The quantitative estimate of drug-likeness (QED) is 0.521. The number of anilines is 1. The highest BCUT2D eigenvalue weighted by Crippen LogP contribution is 2.40. The van der Waals surface area contributed by atoms with Gasteiger partial charge in [0.05, 0.1) is 12.0 Å². The van der Waals surface area contributed by atoms with Crippen LogP contribution in [0.25, 0.3) is 0 Å². The number of hydrogen-bond donors (Lipinski definition) is 4. The number of aromatic amines is 1. The van der Waals surface area contributed by atoms with Gasteiger partial charge in [0.25, 0.3) is 0 Å². The molecule has 0 aliphatic heterocycles. The second kappa shape index (κ2) is 9.36. The fraction of sp³-hybridized carbons (Fsp3) is 0.500. The summed E-state index contributed by atoms with van der Waals surface area (Å²) in [7, 11) is 0. The van der Waals surface area contributed by atoms with Crippen LogP contribution in [0.5, 0.6) is 0 Å². The first-order valence-corrected chi connectivity index (χ1v) is 9.97. The maximum Gasteiger partial charge on any atom is 0.417 e. The van der Waals surface area contributed by atoms with Crippen molar-refractivity contribution < 1.29 is 27.9 Å². The first kappa shape index (κ1) is 22.6. The van der Waals surface area contributed by atoms with E-state index in [0.717, 1.165) is 37.4 Å². The van der Waals surface area contributed by atoms with Crippen molar-refractivity contribution in [3.63, 3.8) is 0 Å². The molecule has 1 aliphatic rings. The number of hydrogen-bond acceptors (Lipinski definition) is 4. The van der Waals surface area contributed by atoms with Gasteiger partial charge in [-0.2, -0.15) is 18.3 Å². The zero-order valence-electron chi connectivity index (χ0n) is 16.9. The van der Waals surface area contributed by atoms with Crippen LogP contribution in [0, 0.1) is 5.92 Å². The molecule has 3 unspecified atom stereocenters. The van der Waals surface area contributed by atoms with Crippen molar-refractivity contribution in [2.24, 2.45) is 5.92 Å². The lowest BCUT2D eigenvalue weighted by Gasteiger charge is -2.16. The number of nitrogens with zero attached hydrogens (tertiary/aromatic N) is 2. The van der Waals surface area contributed by atoms with E-state index in [0.29, 0.717) is 17.9 Å². The summed E-state index contributed by atoms with van der Waals surface area (Å²) in [6.07, 6.45) is -1.37. The van der Waals surface area contributed by atoms with Gasteiger partial charge in [-0.25, -0.2) is 4.79 Å². The summed E-state index contributed by atoms with van der Waals surface area (Å²) < 4.78 is 37.7. The number of pyridine rings is 1. The largest absolute Gasteiger partial charge is 0.465 e. The number of rotatable bonds is 7. The Morgan fingerprint density at radius 3 is 2.74 bits per heavy atom. The Kier molecular flexibility index (Phi) is 6.81. The summed E-state index contributed by atoms with van der Waals surface area (Å²) in [6, 6.07) is 3.71. The predicted octanol–water partition coefficient (Wildman–Crippen LogP) is 3.93. The van der Waals surface area contributed by atoms with Crippen LogP contribution in [0.2, 0.25) is 0 Å². The highest BCUT2D eigenvalue weighted by atomic mass is 19.4. The van der Waals surface area contributed by atoms with Crippen molar-refractivity contribution in [2.75, 3.05) is 5.32 Å². The number of carboxylic acid groups (broad SMARTS) is 1. The molecule has 2 amide bonds. The number of halogens is 3. The molecule has 4 N–H and O–H groups in total. The molecule has 0 bridgehead atoms. The molecular weight excluding hydrogens is 415 g/mol. The molecule has 0 spiro atoms. The Bertz CT molecular complexity index is 914. The maximum absolute atomic E-state index is 12.6. The van der Waals surface area contributed by atoms with Crippen molar-refractivity contribution in [1.29, 1.82) is 0 Å². The zero-order chi connectivity index (χ0) is 22.6. The van der Waals surface area contributed by atoms with Gasteiger partial charge >= 0.3 is 12.3 Å². The third-order valence-corrected chi connectivity index (χ3v) is 5.40. The highest BCUT2D eigenvalue weighted by molar-refractivity contribution is 5.91. The molecule has 11 heteroatoms. The van der Waals surface area contributed by atoms with Crippen LogP contribution in [0.1, 0.15) is 55.5 Å². The van der Waals surface area contributed by atoms with E-state index in [9.17, 15) is 22.8 Å². The normalized spacial score (nSPS) is 19.7. The standard InChI is InChI=1S/C20H24F3N5O3/c1-11(25-19(30)31)6-12-2-3-13(7-12)16-9-17(28-27-16)26-18(29)8-15-5-4-14(10-24-15)20(21,22)23/h4-5,9-13,25H,2-3,6-8H2,1H3,(H,30,31)(H2,26,27,28,29). The predicted molar refractivity (Wildman–Crippen MR) is 105 cm³/mol. The van der Waals surface area contributed by atoms with E-state index in [-0.39, 0.29) is 24.1 Å². The number of amides is 2. The van der Waals surface area contributed by atoms with Crippen molar-refractivity contribution in [1.82, 2.24) is 20.5 Å². The number of aromatic nitrogens is 3. The fourth-order valence-corrected chi connectivity index (χ4v) is 4.00. The highest BCUT2D eigenvalue weighted by Gasteiger charge is 2.31. The van der Waals surface area contributed by atoms with Crippen molar-refractivity contribution in [3.8, 4) is 0 Å². The molecule has 0 radical (unpaired) electrons. The van der Waals surface area contributed by atoms with Gasteiger partial charge in [-0.15, -0.1) is 0 Å². The van der Waals surface area contributed by atoms with Gasteiger partial charge in [-0.05, 0) is 50.7 Å². The zero-order valence-corrected chi connectivity index (χ0v) is 16.9. The van der Waals surface area contributed by atoms with Crippen LogP contribution in [0.15, 0.2) is 24.4 Å². The van der Waals surface area contributed by atoms with Crippen LogP contribution in [0.3, 0.4) is 0 Å². The first-order valence-electron chi connectivity index (χ1n) is 9.97. The van der Waals surface area contributed by atoms with Gasteiger partial charge in [0.1, 0.15) is 0 Å². The van der Waals surface area contributed by atoms with Crippen LogP contribution in [-0.2, 0) is 17.4 Å². The summed E-state index contributed by atoms with van der Waals surface area (Å²) in [5, 5.41) is 20.9. The molecule has 1 fully saturated rings. The van der Waals surface area contributed by atoms with Gasteiger partial charge in [0, 0.05) is 35.6 Å². The van der Waals surface area contributed by atoms with Crippen molar-refractivity contribution in [3.05, 3.63) is 41.3 Å². The molecule has 1 aliphatic carbocycles. The Labute approximate surface area is 176 Å². The molecule has 0 saturated heterocycles. The molecule has 2 aromatic rings. The molecule has 8 nitrogen and oxygen atoms in total. The van der Waals surface area contributed by atoms with Crippen molar-refractivity contribution >= 4 is 17.8 Å². The lowest BCUT2D eigenvalue weighted by Crippen LogP contribution is -2.32. The average molecular weight is 439 g/mol. The lowest BCUT2D eigenvalue weighted by molar-refractivity contribution is -0.137. The molecular formula is C20H24F3N5O3. The Morgan fingerprint density at radius 1 is 1.32 bits per heavy atom. The Balaban J connectivity index is 1.49. The van der Waals surface area contributed by atoms with E-state index < -0.39 is 23.7 Å². The Hall–Kier alpha value is -3.11. The minimum atomic E-state index is -4.47. The van der Waals surface area contributed by atoms with Gasteiger partial charge in [-0.3, -0.25) is 14.9 Å². The lowest BCUT2D eigenvalue weighted by atomic mass is 9.96. The number of carbonyl (C=O) groups excluding carboxylic acids is 1. The minimum Gasteiger partial charge on any atom is -0.465 e. The SMILES string of the molecule is CC(CC1CCC(c2cc(NC(=O)Cc3ccc(C(F)(F)F)cn3)n[nH]2)C1)NC(=O)O. The number of carbonyl (C=O) groups is 2. The molecule has 2 heterocycles. The number of nitrogens with one attached hydrogen (secondary N) is 3. The summed E-state index contributed by atoms with van der Waals surface area (Å²) in [6.45, 7) is 1.84. The third kappa shape index (κ3) is 6.43. The smallest absolute Gasteiger partial charge is 0.417 e. The number of H-pyrrole nitrogens is 1. The third-order valence-electron chi connectivity index (χ3n) is 5.40. The van der Waals surface area contributed by atoms with Crippen LogP contribution in [0.4, 0.5) is 23.8 Å². The van der Waals surface area contributed by atoms with E-state index in [2.05, 4.69) is 25.8 Å². The summed E-state index contributed by atoms with van der Waals surface area (Å²) in [5.74, 6) is 0.565. The number of alkyl halides is 3. The van der Waals surface area contributed by atoms with Crippen molar-refractivity contribution in [2.45, 2.75) is 57.2 Å². The molecule has 1 saturated carbocycles.